The summed E-state index contributed by atoms with van der Waals surface area (Å²) in [6.07, 6.45) is 1.75. The van der Waals surface area contributed by atoms with Gasteiger partial charge in [0, 0.05) is 30.6 Å². The van der Waals surface area contributed by atoms with Gasteiger partial charge in [-0.2, -0.15) is 16.4 Å². The molecule has 3 rings (SSSR count). The van der Waals surface area contributed by atoms with Crippen molar-refractivity contribution in [3.05, 3.63) is 64.5 Å². The van der Waals surface area contributed by atoms with Crippen LogP contribution in [0.3, 0.4) is 0 Å². The van der Waals surface area contributed by atoms with Crippen molar-refractivity contribution in [2.75, 3.05) is 0 Å². The van der Waals surface area contributed by atoms with E-state index in [1.807, 2.05) is 47.2 Å². The smallest absolute Gasteiger partial charge is 0.287 e. The Labute approximate surface area is 159 Å². The number of carbonyl (C=O) groups is 3. The average Bonchev–Trinajstić information content (AvgIpc) is 3.30. The Kier molecular flexibility index (Phi) is 5.46. The lowest BCUT2D eigenvalue weighted by atomic mass is 10.0. The summed E-state index contributed by atoms with van der Waals surface area (Å²) < 4.78 is 1.53. The predicted molar refractivity (Wildman–Crippen MR) is 102 cm³/mol. The first kappa shape index (κ1) is 18.5. The van der Waals surface area contributed by atoms with Crippen LogP contribution in [0.5, 0.6) is 0 Å². The van der Waals surface area contributed by atoms with Gasteiger partial charge in [0.05, 0.1) is 5.56 Å². The number of primary amides is 1. The van der Waals surface area contributed by atoms with Crippen molar-refractivity contribution in [1.82, 2.24) is 15.1 Å². The molecule has 0 aliphatic rings. The third-order valence-electron chi connectivity index (χ3n) is 4.02. The highest BCUT2D eigenvalue weighted by molar-refractivity contribution is 7.08. The molecule has 2 amide bonds. The van der Waals surface area contributed by atoms with Gasteiger partial charge in [0.15, 0.2) is 0 Å². The van der Waals surface area contributed by atoms with Crippen molar-refractivity contribution < 1.29 is 14.4 Å². The van der Waals surface area contributed by atoms with E-state index in [2.05, 4.69) is 10.4 Å². The number of amides is 2. The lowest BCUT2D eigenvalue weighted by Crippen LogP contribution is -2.47. The van der Waals surface area contributed by atoms with Crippen LogP contribution in [0.25, 0.3) is 11.3 Å². The number of rotatable bonds is 7. The normalized spacial score (nSPS) is 11.7. The number of nitrogens with one attached hydrogen (secondary N) is 1. The quantitative estimate of drug-likeness (QED) is 0.605. The fourth-order valence-electron chi connectivity index (χ4n) is 2.73. The number of nitrogens with zero attached hydrogens (tertiary/aromatic N) is 2. The summed E-state index contributed by atoms with van der Waals surface area (Å²) in [6.45, 7) is 0. The molecule has 3 N–H and O–H groups in total. The molecule has 0 saturated heterocycles. The molecular weight excluding hydrogens is 364 g/mol. The van der Waals surface area contributed by atoms with Gasteiger partial charge in [-0.15, -0.1) is 0 Å². The Hall–Kier alpha value is -3.26. The maximum absolute atomic E-state index is 12.8. The van der Waals surface area contributed by atoms with Gasteiger partial charge < -0.3 is 11.1 Å². The van der Waals surface area contributed by atoms with E-state index in [9.17, 15) is 14.4 Å². The second kappa shape index (κ2) is 7.96. The highest BCUT2D eigenvalue weighted by Gasteiger charge is 2.27. The number of hydrogen-bond donors (Lipinski definition) is 2. The van der Waals surface area contributed by atoms with E-state index in [0.29, 0.717) is 11.3 Å². The zero-order valence-electron chi connectivity index (χ0n) is 14.6. The molecule has 138 valence electrons. The van der Waals surface area contributed by atoms with Gasteiger partial charge in [-0.05, 0) is 17.0 Å². The molecule has 0 saturated carbocycles. The van der Waals surface area contributed by atoms with Crippen molar-refractivity contribution in [3.63, 3.8) is 0 Å². The van der Waals surface area contributed by atoms with Crippen LogP contribution in [0.2, 0.25) is 0 Å². The Bertz CT molecular complexity index is 964. The van der Waals surface area contributed by atoms with Gasteiger partial charge in [-0.3, -0.25) is 19.1 Å². The summed E-state index contributed by atoms with van der Waals surface area (Å²) >= 11 is 1.49. The molecule has 0 bridgehead atoms. The molecule has 1 aromatic carbocycles. The first-order valence-corrected chi connectivity index (χ1v) is 9.14. The van der Waals surface area contributed by atoms with Gasteiger partial charge >= 0.3 is 0 Å². The number of aromatic nitrogens is 2. The van der Waals surface area contributed by atoms with E-state index in [4.69, 9.17) is 5.73 Å². The largest absolute Gasteiger partial charge is 0.363 e. The van der Waals surface area contributed by atoms with Crippen LogP contribution >= 0.6 is 11.3 Å². The highest BCUT2D eigenvalue weighted by atomic mass is 32.1. The summed E-state index contributed by atoms with van der Waals surface area (Å²) in [5, 5.41) is 10.7. The summed E-state index contributed by atoms with van der Waals surface area (Å²) in [6, 6.07) is 9.92. The van der Waals surface area contributed by atoms with E-state index >= 15 is 0 Å². The molecule has 3 aromatic rings. The molecule has 7 nitrogen and oxygen atoms in total. The number of benzene rings is 1. The van der Waals surface area contributed by atoms with Gasteiger partial charge in [0.25, 0.3) is 11.8 Å². The monoisotopic (exact) mass is 382 g/mol. The number of carbonyl (C=O) groups excluding carboxylic acids is 3. The molecule has 2 aromatic heterocycles. The second-order valence-corrected chi connectivity index (χ2v) is 6.80. The van der Waals surface area contributed by atoms with E-state index in [-0.39, 0.29) is 6.42 Å². The van der Waals surface area contributed by atoms with Crippen molar-refractivity contribution in [3.8, 4) is 11.3 Å². The molecule has 0 fully saturated rings. The van der Waals surface area contributed by atoms with Gasteiger partial charge in [-0.25, -0.2) is 0 Å². The average molecular weight is 382 g/mol. The minimum absolute atomic E-state index is 0.169. The Morgan fingerprint density at radius 2 is 1.96 bits per heavy atom. The fourth-order valence-corrected chi connectivity index (χ4v) is 3.37. The number of nitrogens with two attached hydrogens (primary N) is 1. The van der Waals surface area contributed by atoms with Crippen LogP contribution in [0.1, 0.15) is 15.9 Å². The second-order valence-electron chi connectivity index (χ2n) is 6.02. The van der Waals surface area contributed by atoms with E-state index in [0.717, 1.165) is 11.1 Å². The van der Waals surface area contributed by atoms with Crippen LogP contribution in [0.4, 0.5) is 0 Å². The molecule has 0 aliphatic heterocycles. The summed E-state index contributed by atoms with van der Waals surface area (Å²) in [5.41, 5.74) is 7.62. The summed E-state index contributed by atoms with van der Waals surface area (Å²) in [7, 11) is 1.71. The molecule has 0 aliphatic carbocycles. The maximum Gasteiger partial charge on any atom is 0.287 e. The Morgan fingerprint density at radius 3 is 2.59 bits per heavy atom. The van der Waals surface area contributed by atoms with Crippen LogP contribution in [0, 0.1) is 0 Å². The molecule has 0 spiro atoms. The first-order chi connectivity index (χ1) is 13.0. The van der Waals surface area contributed by atoms with Crippen LogP contribution in [0.15, 0.2) is 53.4 Å². The van der Waals surface area contributed by atoms with Crippen LogP contribution < -0.4 is 11.1 Å². The Balaban J connectivity index is 1.87. The Morgan fingerprint density at radius 1 is 1.22 bits per heavy atom. The number of ketones is 1. The standard InChI is InChI=1S/C19H18N4O3S/c1-23-10-14(16(22-23)13-7-8-27-11-13)19(26)21-15(17(24)18(20)25)9-12-5-3-2-4-6-12/h2-8,10-11,15H,9H2,1H3,(H2,20,25)(H,21,26). The van der Waals surface area contributed by atoms with Gasteiger partial charge in [-0.1, -0.05) is 30.3 Å². The number of thiophene rings is 1. The lowest BCUT2D eigenvalue weighted by Gasteiger charge is -2.16. The number of Topliss-reactive ketones (excluding diaryl/α,β-unsaturated/α-hetero) is 1. The third-order valence-corrected chi connectivity index (χ3v) is 4.70. The molecule has 1 unspecified atom stereocenters. The molecule has 8 heteroatoms. The molecule has 0 radical (unpaired) electrons. The molecule has 27 heavy (non-hydrogen) atoms. The fraction of sp³-hybridized carbons (Fsp3) is 0.158. The first-order valence-electron chi connectivity index (χ1n) is 8.20. The summed E-state index contributed by atoms with van der Waals surface area (Å²) in [4.78, 5) is 36.5. The molecule has 2 heterocycles. The van der Waals surface area contributed by atoms with Crippen molar-refractivity contribution in [1.29, 1.82) is 0 Å². The van der Waals surface area contributed by atoms with E-state index in [1.165, 1.54) is 16.0 Å². The minimum Gasteiger partial charge on any atom is -0.363 e. The zero-order chi connectivity index (χ0) is 19.4. The van der Waals surface area contributed by atoms with E-state index < -0.39 is 23.6 Å². The predicted octanol–water partition coefficient (Wildman–Crippen LogP) is 1.54. The summed E-state index contributed by atoms with van der Waals surface area (Å²) in [5.74, 6) is -2.41. The zero-order valence-corrected chi connectivity index (χ0v) is 15.4. The highest BCUT2D eigenvalue weighted by Crippen LogP contribution is 2.24. The number of aryl methyl sites for hydroxylation is 1. The van der Waals surface area contributed by atoms with Crippen molar-refractivity contribution in [2.24, 2.45) is 12.8 Å². The molecular formula is C19H18N4O3S. The van der Waals surface area contributed by atoms with Crippen LogP contribution in [-0.2, 0) is 23.1 Å². The van der Waals surface area contributed by atoms with Crippen molar-refractivity contribution >= 4 is 28.9 Å². The van der Waals surface area contributed by atoms with Crippen LogP contribution in [-0.4, -0.2) is 33.4 Å². The van der Waals surface area contributed by atoms with Crippen molar-refractivity contribution in [2.45, 2.75) is 12.5 Å². The third kappa shape index (κ3) is 4.29. The van der Waals surface area contributed by atoms with Gasteiger partial charge in [0.1, 0.15) is 11.7 Å². The number of hydrogen-bond acceptors (Lipinski definition) is 5. The van der Waals surface area contributed by atoms with E-state index in [1.54, 1.807) is 13.2 Å². The SMILES string of the molecule is Cn1cc(C(=O)NC(Cc2ccccc2)C(=O)C(N)=O)c(-c2ccsc2)n1. The molecule has 1 atom stereocenters. The minimum atomic E-state index is -1.08. The topological polar surface area (TPSA) is 107 Å². The van der Waals surface area contributed by atoms with Gasteiger partial charge in [0.2, 0.25) is 5.78 Å². The maximum atomic E-state index is 12.8. The lowest BCUT2D eigenvalue weighted by molar-refractivity contribution is -0.137.